The summed E-state index contributed by atoms with van der Waals surface area (Å²) in [6.07, 6.45) is 0. The first kappa shape index (κ1) is 19.9. The second-order valence-corrected chi connectivity index (χ2v) is 12.3. The minimum Gasteiger partial charge on any atom is -0.428 e. The topological polar surface area (TPSA) is 18.5 Å². The van der Waals surface area contributed by atoms with Gasteiger partial charge in [0.1, 0.15) is 5.75 Å². The maximum atomic E-state index is 6.26. The van der Waals surface area contributed by atoms with Gasteiger partial charge in [0, 0.05) is 21.7 Å². The van der Waals surface area contributed by atoms with Gasteiger partial charge in [-0.15, -0.1) is 0 Å². The van der Waals surface area contributed by atoms with E-state index in [2.05, 4.69) is 0 Å². The van der Waals surface area contributed by atoms with Gasteiger partial charge in [-0.05, 0) is 47.8 Å². The highest BCUT2D eigenvalue weighted by atomic mass is 35.5. The first-order chi connectivity index (χ1) is 12.5. The maximum absolute atomic E-state index is 6.26. The van der Waals surface area contributed by atoms with Crippen LogP contribution in [-0.4, -0.2) is 0 Å². The minimum atomic E-state index is -2.92. The van der Waals surface area contributed by atoms with Gasteiger partial charge in [-0.3, -0.25) is 0 Å². The van der Waals surface area contributed by atoms with Gasteiger partial charge < -0.3 is 9.05 Å². The average Bonchev–Trinajstić information content (AvgIpc) is 2.60. The highest BCUT2D eigenvalue weighted by Gasteiger charge is 2.27. The molecule has 26 heavy (non-hydrogen) atoms. The van der Waals surface area contributed by atoms with E-state index in [0.29, 0.717) is 10.8 Å². The first-order valence-electron chi connectivity index (χ1n) is 7.39. The smallest absolute Gasteiger partial charge is 0.353 e. The standard InChI is InChI=1S/C18H12Cl3O2PS2/c19-13-11-16(20)18(17(21)12-13)23-24(25,22-14-7-3-1-4-8-14)26-15-9-5-2-6-10-15/h1-12H. The number of hydrogen-bond donors (Lipinski definition) is 0. The van der Waals surface area contributed by atoms with Crippen molar-refractivity contribution in [1.29, 1.82) is 0 Å². The zero-order chi connectivity index (χ0) is 18.6. The number of rotatable bonds is 6. The fourth-order valence-corrected chi connectivity index (χ4v) is 7.56. The van der Waals surface area contributed by atoms with Crippen molar-refractivity contribution in [1.82, 2.24) is 0 Å². The molecule has 0 amide bonds. The van der Waals surface area contributed by atoms with Crippen LogP contribution < -0.4 is 9.05 Å². The molecule has 0 saturated carbocycles. The SMILES string of the molecule is S=P(Oc1ccccc1)(Oc1c(Cl)cc(Cl)cc1Cl)Sc1ccccc1. The van der Waals surface area contributed by atoms with Crippen LogP contribution in [0.15, 0.2) is 77.7 Å². The largest absolute Gasteiger partial charge is 0.428 e. The summed E-state index contributed by atoms with van der Waals surface area (Å²) >= 11 is 25.6. The van der Waals surface area contributed by atoms with Crippen molar-refractivity contribution >= 4 is 63.7 Å². The van der Waals surface area contributed by atoms with Gasteiger partial charge in [-0.2, -0.15) is 0 Å². The zero-order valence-electron chi connectivity index (χ0n) is 13.1. The molecule has 1 unspecified atom stereocenters. The quantitative estimate of drug-likeness (QED) is 0.345. The average molecular weight is 462 g/mol. The van der Waals surface area contributed by atoms with Gasteiger partial charge in [0.25, 0.3) is 0 Å². The van der Waals surface area contributed by atoms with Crippen LogP contribution in [0.2, 0.25) is 15.1 Å². The number of benzene rings is 3. The minimum absolute atomic E-state index is 0.264. The van der Waals surface area contributed by atoms with Crippen LogP contribution in [0, 0.1) is 0 Å². The molecule has 0 bridgehead atoms. The molecule has 0 heterocycles. The van der Waals surface area contributed by atoms with Crippen LogP contribution in [0.3, 0.4) is 0 Å². The van der Waals surface area contributed by atoms with Gasteiger partial charge in [0.05, 0.1) is 10.0 Å². The fourth-order valence-electron chi connectivity index (χ4n) is 2.00. The third kappa shape index (κ3) is 5.32. The normalized spacial score (nSPS) is 13.0. The van der Waals surface area contributed by atoms with E-state index in [9.17, 15) is 0 Å². The Bertz CT molecular complexity index is 871. The molecule has 3 aromatic rings. The summed E-state index contributed by atoms with van der Waals surface area (Å²) in [4.78, 5) is 0.924. The molecule has 2 nitrogen and oxygen atoms in total. The van der Waals surface area contributed by atoms with Gasteiger partial charge in [0.15, 0.2) is 5.75 Å². The molecular weight excluding hydrogens is 450 g/mol. The van der Waals surface area contributed by atoms with E-state index in [-0.39, 0.29) is 15.8 Å². The molecule has 3 rings (SSSR count). The lowest BCUT2D eigenvalue weighted by atomic mass is 10.3. The highest BCUT2D eigenvalue weighted by molar-refractivity contribution is 8.68. The predicted molar refractivity (Wildman–Crippen MR) is 116 cm³/mol. The Morgan fingerprint density at radius 2 is 1.31 bits per heavy atom. The van der Waals surface area contributed by atoms with Gasteiger partial charge in [-0.25, -0.2) is 0 Å². The van der Waals surface area contributed by atoms with Crippen LogP contribution in [0.1, 0.15) is 0 Å². The van der Waals surface area contributed by atoms with E-state index in [1.165, 1.54) is 11.4 Å². The molecule has 0 N–H and O–H groups in total. The number of halogens is 3. The molecule has 0 aliphatic heterocycles. The summed E-state index contributed by atoms with van der Waals surface area (Å²) < 4.78 is 12.1. The second-order valence-electron chi connectivity index (χ2n) is 5.05. The Morgan fingerprint density at radius 1 is 0.769 bits per heavy atom. The third-order valence-electron chi connectivity index (χ3n) is 3.09. The maximum Gasteiger partial charge on any atom is 0.353 e. The van der Waals surface area contributed by atoms with Crippen molar-refractivity contribution in [3.05, 3.63) is 87.9 Å². The lowest BCUT2D eigenvalue weighted by Gasteiger charge is -2.24. The molecule has 0 aromatic heterocycles. The number of hydrogen-bond acceptors (Lipinski definition) is 4. The van der Waals surface area contributed by atoms with E-state index in [0.717, 1.165) is 4.90 Å². The highest BCUT2D eigenvalue weighted by Crippen LogP contribution is 2.64. The Hall–Kier alpha value is -0.870. The van der Waals surface area contributed by atoms with Crippen molar-refractivity contribution in [3.63, 3.8) is 0 Å². The molecule has 0 saturated heterocycles. The van der Waals surface area contributed by atoms with E-state index in [1.807, 2.05) is 60.7 Å². The molecule has 0 aliphatic rings. The molecule has 0 aliphatic carbocycles. The van der Waals surface area contributed by atoms with Crippen LogP contribution in [0.4, 0.5) is 0 Å². The molecule has 134 valence electrons. The molecule has 3 aromatic carbocycles. The summed E-state index contributed by atoms with van der Waals surface area (Å²) in [5.41, 5.74) is -2.92. The summed E-state index contributed by atoms with van der Waals surface area (Å²) in [6, 6.07) is 22.0. The Balaban J connectivity index is 1.96. The van der Waals surface area contributed by atoms with Gasteiger partial charge in [0.2, 0.25) is 0 Å². The van der Waals surface area contributed by atoms with Crippen LogP contribution in [0.5, 0.6) is 11.5 Å². The van der Waals surface area contributed by atoms with E-state index >= 15 is 0 Å². The lowest BCUT2D eigenvalue weighted by molar-refractivity contribution is 0.506. The van der Waals surface area contributed by atoms with Crippen molar-refractivity contribution in [2.45, 2.75) is 4.90 Å². The van der Waals surface area contributed by atoms with Gasteiger partial charge >= 0.3 is 5.69 Å². The predicted octanol–water partition coefficient (Wildman–Crippen LogP) is 8.12. The van der Waals surface area contributed by atoms with Crippen molar-refractivity contribution in [2.24, 2.45) is 0 Å². The van der Waals surface area contributed by atoms with Crippen LogP contribution in [0.25, 0.3) is 0 Å². The zero-order valence-corrected chi connectivity index (χ0v) is 17.9. The van der Waals surface area contributed by atoms with E-state index in [1.54, 1.807) is 12.1 Å². The second kappa shape index (κ2) is 8.88. The molecule has 0 radical (unpaired) electrons. The van der Waals surface area contributed by atoms with Crippen LogP contribution >= 0.6 is 51.9 Å². The summed E-state index contributed by atoms with van der Waals surface area (Å²) in [7, 11) is 0. The molecule has 0 fully saturated rings. The van der Waals surface area contributed by atoms with E-state index in [4.69, 9.17) is 55.7 Å². The fraction of sp³-hybridized carbons (Fsp3) is 0. The Morgan fingerprint density at radius 3 is 1.88 bits per heavy atom. The Labute approximate surface area is 176 Å². The van der Waals surface area contributed by atoms with Crippen LogP contribution in [-0.2, 0) is 11.8 Å². The number of para-hydroxylation sites is 1. The first-order valence-corrected chi connectivity index (χ1v) is 12.6. The molecule has 8 heteroatoms. The molecule has 0 spiro atoms. The lowest BCUT2D eigenvalue weighted by Crippen LogP contribution is -1.99. The summed E-state index contributed by atoms with van der Waals surface area (Å²) in [5.74, 6) is 0.876. The monoisotopic (exact) mass is 460 g/mol. The molecular formula is C18H12Cl3O2PS2. The van der Waals surface area contributed by atoms with Crippen molar-refractivity contribution in [3.8, 4) is 11.5 Å². The van der Waals surface area contributed by atoms with Gasteiger partial charge in [-0.1, -0.05) is 71.2 Å². The third-order valence-corrected chi connectivity index (χ3v) is 8.28. The Kier molecular flexibility index (Phi) is 6.79. The van der Waals surface area contributed by atoms with Crippen molar-refractivity contribution in [2.75, 3.05) is 0 Å². The summed E-state index contributed by atoms with van der Waals surface area (Å²) in [6.45, 7) is 0. The summed E-state index contributed by atoms with van der Waals surface area (Å²) in [5, 5.41) is 0.976. The van der Waals surface area contributed by atoms with E-state index < -0.39 is 5.69 Å². The van der Waals surface area contributed by atoms with Crippen molar-refractivity contribution < 1.29 is 9.05 Å². The molecule has 1 atom stereocenters.